The van der Waals surface area contributed by atoms with Crippen molar-refractivity contribution in [2.24, 2.45) is 0 Å². The van der Waals surface area contributed by atoms with Crippen molar-refractivity contribution in [1.82, 2.24) is 9.80 Å². The van der Waals surface area contributed by atoms with E-state index in [1.165, 1.54) is 85.0 Å². The Hall–Kier alpha value is -2.04. The van der Waals surface area contributed by atoms with Crippen LogP contribution < -0.4 is 9.47 Å². The summed E-state index contributed by atoms with van der Waals surface area (Å²) >= 11 is 0. The summed E-state index contributed by atoms with van der Waals surface area (Å²) in [6, 6.07) is 10.6. The van der Waals surface area contributed by atoms with Crippen LogP contribution in [0.3, 0.4) is 0 Å². The van der Waals surface area contributed by atoms with E-state index >= 15 is 0 Å². The molecule has 4 nitrogen and oxygen atoms in total. The lowest BCUT2D eigenvalue weighted by Gasteiger charge is -2.32. The van der Waals surface area contributed by atoms with E-state index in [2.05, 4.69) is 75.9 Å². The number of aryl methyl sites for hydroxylation is 4. The van der Waals surface area contributed by atoms with Crippen LogP contribution in [0, 0.1) is 27.7 Å². The largest absolute Gasteiger partial charge is 0.493 e. The van der Waals surface area contributed by atoms with Gasteiger partial charge in [0.2, 0.25) is 0 Å². The Kier molecular flexibility index (Phi) is 9.95. The third-order valence-electron chi connectivity index (χ3n) is 8.69. The van der Waals surface area contributed by atoms with Crippen molar-refractivity contribution < 1.29 is 9.47 Å². The summed E-state index contributed by atoms with van der Waals surface area (Å²) in [4.78, 5) is 5.01. The summed E-state index contributed by atoms with van der Waals surface area (Å²) in [5.41, 5.74) is 7.67. The topological polar surface area (TPSA) is 24.9 Å². The van der Waals surface area contributed by atoms with Crippen LogP contribution in [0.15, 0.2) is 24.3 Å². The van der Waals surface area contributed by atoms with E-state index in [0.29, 0.717) is 12.1 Å². The Labute approximate surface area is 226 Å². The highest BCUT2D eigenvalue weighted by Gasteiger charge is 2.20. The van der Waals surface area contributed by atoms with Gasteiger partial charge in [-0.05, 0) is 133 Å². The standard InChI is InChI=1S/C33H50N2O2/c1-24-19-28(20-25(2)32(24)36-17-13-30-11-7-9-15-34(30)5)23-29-21-26(3)33(27(4)22-29)37-18-14-31-12-8-10-16-35(31)6/h19-22,30-31H,7-18,23H2,1-6H3. The molecule has 204 valence electrons. The first kappa shape index (κ1) is 28.0. The molecule has 2 aliphatic rings. The maximum absolute atomic E-state index is 6.32. The minimum absolute atomic E-state index is 0.667. The first-order valence-corrected chi connectivity index (χ1v) is 14.7. The van der Waals surface area contributed by atoms with E-state index in [4.69, 9.17) is 9.47 Å². The minimum atomic E-state index is 0.667. The number of piperidine rings is 2. The van der Waals surface area contributed by atoms with Gasteiger partial charge in [-0.1, -0.05) is 37.1 Å². The number of rotatable bonds is 10. The highest BCUT2D eigenvalue weighted by molar-refractivity contribution is 5.47. The van der Waals surface area contributed by atoms with Crippen LogP contribution in [0.1, 0.15) is 84.7 Å². The second kappa shape index (κ2) is 13.2. The second-order valence-corrected chi connectivity index (χ2v) is 11.8. The van der Waals surface area contributed by atoms with Gasteiger partial charge >= 0.3 is 0 Å². The van der Waals surface area contributed by atoms with Crippen LogP contribution in [-0.4, -0.2) is 62.3 Å². The Morgan fingerprint density at radius 1 is 0.622 bits per heavy atom. The Balaban J connectivity index is 1.33. The highest BCUT2D eigenvalue weighted by atomic mass is 16.5. The van der Waals surface area contributed by atoms with E-state index in [-0.39, 0.29) is 0 Å². The molecule has 0 radical (unpaired) electrons. The van der Waals surface area contributed by atoms with Crippen molar-refractivity contribution in [3.63, 3.8) is 0 Å². The molecular weight excluding hydrogens is 456 g/mol. The van der Waals surface area contributed by atoms with Crippen molar-refractivity contribution in [2.75, 3.05) is 40.4 Å². The molecular formula is C33H50N2O2. The number of hydrogen-bond acceptors (Lipinski definition) is 4. The lowest BCUT2D eigenvalue weighted by atomic mass is 9.97. The van der Waals surface area contributed by atoms with Gasteiger partial charge in [-0.3, -0.25) is 0 Å². The second-order valence-electron chi connectivity index (χ2n) is 11.8. The molecule has 2 atom stereocenters. The van der Waals surface area contributed by atoms with E-state index in [1.807, 2.05) is 0 Å². The van der Waals surface area contributed by atoms with Crippen molar-refractivity contribution in [2.45, 2.75) is 97.6 Å². The average molecular weight is 507 g/mol. The fourth-order valence-electron chi connectivity index (χ4n) is 6.59. The minimum Gasteiger partial charge on any atom is -0.493 e. The number of nitrogens with zero attached hydrogens (tertiary/aromatic N) is 2. The predicted octanol–water partition coefficient (Wildman–Crippen LogP) is 7.02. The molecule has 4 rings (SSSR count). The normalized spacial score (nSPS) is 21.2. The molecule has 0 spiro atoms. The Bertz CT molecular complexity index is 905. The molecule has 2 unspecified atom stereocenters. The number of ether oxygens (including phenoxy) is 2. The van der Waals surface area contributed by atoms with Crippen LogP contribution in [0.25, 0.3) is 0 Å². The number of benzene rings is 2. The van der Waals surface area contributed by atoms with E-state index < -0.39 is 0 Å². The zero-order valence-corrected chi connectivity index (χ0v) is 24.4. The predicted molar refractivity (Wildman–Crippen MR) is 155 cm³/mol. The van der Waals surface area contributed by atoms with E-state index in [1.54, 1.807) is 0 Å². The molecule has 2 heterocycles. The maximum atomic E-state index is 6.32. The Morgan fingerprint density at radius 3 is 1.35 bits per heavy atom. The lowest BCUT2D eigenvalue weighted by molar-refractivity contribution is 0.152. The van der Waals surface area contributed by atoms with Crippen LogP contribution in [0.4, 0.5) is 0 Å². The van der Waals surface area contributed by atoms with E-state index in [0.717, 1.165) is 44.0 Å². The molecule has 0 amide bonds. The molecule has 0 aliphatic carbocycles. The first-order valence-electron chi connectivity index (χ1n) is 14.7. The van der Waals surface area contributed by atoms with Crippen molar-refractivity contribution in [3.8, 4) is 11.5 Å². The molecule has 0 N–H and O–H groups in total. The molecule has 2 saturated heterocycles. The SMILES string of the molecule is Cc1cc(Cc2cc(C)c(OCCC3CCCCN3C)c(C)c2)cc(C)c1OCCC1CCCCN1C. The van der Waals surface area contributed by atoms with Crippen molar-refractivity contribution in [1.29, 1.82) is 0 Å². The molecule has 2 aliphatic heterocycles. The molecule has 2 aromatic carbocycles. The first-order chi connectivity index (χ1) is 17.8. The van der Waals surface area contributed by atoms with Gasteiger partial charge in [0.15, 0.2) is 0 Å². The lowest BCUT2D eigenvalue weighted by Crippen LogP contribution is -2.37. The number of likely N-dealkylation sites (tertiary alicyclic amines) is 2. The van der Waals surface area contributed by atoms with Crippen LogP contribution >= 0.6 is 0 Å². The van der Waals surface area contributed by atoms with Crippen LogP contribution in [0.5, 0.6) is 11.5 Å². The summed E-state index contributed by atoms with van der Waals surface area (Å²) in [5, 5.41) is 0. The van der Waals surface area contributed by atoms with Gasteiger partial charge in [0.25, 0.3) is 0 Å². The Morgan fingerprint density at radius 2 is 1.00 bits per heavy atom. The molecule has 2 fully saturated rings. The van der Waals surface area contributed by atoms with Crippen molar-refractivity contribution in [3.05, 3.63) is 57.6 Å². The molecule has 4 heteroatoms. The smallest absolute Gasteiger partial charge is 0.125 e. The van der Waals surface area contributed by atoms with Gasteiger partial charge < -0.3 is 19.3 Å². The van der Waals surface area contributed by atoms with Crippen LogP contribution in [-0.2, 0) is 6.42 Å². The summed E-state index contributed by atoms with van der Waals surface area (Å²) < 4.78 is 12.6. The van der Waals surface area contributed by atoms with Crippen LogP contribution in [0.2, 0.25) is 0 Å². The zero-order chi connectivity index (χ0) is 26.4. The van der Waals surface area contributed by atoms with Gasteiger partial charge in [-0.25, -0.2) is 0 Å². The molecule has 0 bridgehead atoms. The third kappa shape index (κ3) is 7.51. The van der Waals surface area contributed by atoms with Gasteiger partial charge in [0, 0.05) is 12.1 Å². The van der Waals surface area contributed by atoms with E-state index in [9.17, 15) is 0 Å². The molecule has 0 saturated carbocycles. The summed E-state index contributed by atoms with van der Waals surface area (Å²) in [6.07, 6.45) is 11.1. The zero-order valence-electron chi connectivity index (χ0n) is 24.4. The van der Waals surface area contributed by atoms with Gasteiger partial charge in [0.05, 0.1) is 13.2 Å². The number of hydrogen-bond donors (Lipinski definition) is 0. The summed E-state index contributed by atoms with van der Waals surface area (Å²) in [5.74, 6) is 2.14. The molecule has 2 aromatic rings. The highest BCUT2D eigenvalue weighted by Crippen LogP contribution is 2.30. The van der Waals surface area contributed by atoms with Gasteiger partial charge in [-0.2, -0.15) is 0 Å². The molecule has 0 aromatic heterocycles. The summed E-state index contributed by atoms with van der Waals surface area (Å²) in [6.45, 7) is 12.8. The maximum Gasteiger partial charge on any atom is 0.125 e. The monoisotopic (exact) mass is 506 g/mol. The average Bonchev–Trinajstić information content (AvgIpc) is 2.85. The fraction of sp³-hybridized carbons (Fsp3) is 0.636. The fourth-order valence-corrected chi connectivity index (χ4v) is 6.59. The van der Waals surface area contributed by atoms with Crippen molar-refractivity contribution >= 4 is 0 Å². The third-order valence-corrected chi connectivity index (χ3v) is 8.69. The van der Waals surface area contributed by atoms with Gasteiger partial charge in [-0.15, -0.1) is 0 Å². The van der Waals surface area contributed by atoms with Gasteiger partial charge in [0.1, 0.15) is 11.5 Å². The summed E-state index contributed by atoms with van der Waals surface area (Å²) in [7, 11) is 4.51. The quantitative estimate of drug-likeness (QED) is 0.346. The molecule has 37 heavy (non-hydrogen) atoms.